The summed E-state index contributed by atoms with van der Waals surface area (Å²) in [7, 11) is 1.79. The van der Waals surface area contributed by atoms with Gasteiger partial charge in [0.25, 0.3) is 11.9 Å². The minimum Gasteiger partial charge on any atom is -0.488 e. The molecule has 3 atom stereocenters. The second-order valence-electron chi connectivity index (χ2n) is 9.60. The van der Waals surface area contributed by atoms with Crippen molar-refractivity contribution in [2.75, 3.05) is 18.9 Å². The van der Waals surface area contributed by atoms with Gasteiger partial charge in [-0.25, -0.2) is 0 Å². The summed E-state index contributed by atoms with van der Waals surface area (Å²) in [6, 6.07) is 26.0. The number of ether oxygens (including phenoxy) is 1. The molecule has 37 heavy (non-hydrogen) atoms. The molecule has 0 radical (unpaired) electrons. The Morgan fingerprint density at radius 1 is 1.08 bits per heavy atom. The molecule has 4 aromatic rings. The Morgan fingerprint density at radius 2 is 1.84 bits per heavy atom. The fraction of sp³-hybridized carbons (Fsp3) is 0.207. The summed E-state index contributed by atoms with van der Waals surface area (Å²) >= 11 is 3.61. The number of fused-ring (bicyclic) bond motifs is 3. The van der Waals surface area contributed by atoms with Crippen LogP contribution in [0.5, 0.6) is 5.75 Å². The molecule has 2 aliphatic rings. The maximum absolute atomic E-state index is 13.3. The zero-order valence-corrected chi connectivity index (χ0v) is 21.6. The summed E-state index contributed by atoms with van der Waals surface area (Å²) in [6.45, 7) is 0.763. The van der Waals surface area contributed by atoms with Crippen molar-refractivity contribution in [1.82, 2.24) is 4.90 Å². The molecular formula is C29H24BrN3O4. The van der Waals surface area contributed by atoms with Gasteiger partial charge in [0.2, 0.25) is 0 Å². The molecule has 8 heteroatoms. The maximum Gasteiger partial charge on any atom is 0.256 e. The minimum atomic E-state index is -1.36. The van der Waals surface area contributed by atoms with E-state index in [-0.39, 0.29) is 10.8 Å². The SMILES string of the molecule is CN1C[C@H](c2ccc(OCc3cccc4ccccc34)c(Br)c2)[C@H]([N+](=O)[O-])[C@@]12C(=O)Nc1ccccc12. The van der Waals surface area contributed by atoms with Crippen LogP contribution in [0, 0.1) is 10.1 Å². The molecule has 1 amide bonds. The smallest absolute Gasteiger partial charge is 0.256 e. The van der Waals surface area contributed by atoms with Gasteiger partial charge in [-0.2, -0.15) is 0 Å². The molecule has 0 aromatic heterocycles. The zero-order chi connectivity index (χ0) is 25.7. The fourth-order valence-electron chi connectivity index (χ4n) is 6.02. The number of hydrogen-bond acceptors (Lipinski definition) is 5. The van der Waals surface area contributed by atoms with Crippen molar-refractivity contribution in [3.05, 3.63) is 116 Å². The first-order chi connectivity index (χ1) is 17.9. The third-order valence-corrected chi connectivity index (χ3v) is 8.31. The molecule has 1 N–H and O–H groups in total. The predicted molar refractivity (Wildman–Crippen MR) is 145 cm³/mol. The maximum atomic E-state index is 13.3. The summed E-state index contributed by atoms with van der Waals surface area (Å²) in [6.07, 6.45) is 0. The normalized spacial score (nSPS) is 22.8. The van der Waals surface area contributed by atoms with E-state index in [2.05, 4.69) is 39.4 Å². The topological polar surface area (TPSA) is 84.7 Å². The van der Waals surface area contributed by atoms with Crippen molar-refractivity contribution in [1.29, 1.82) is 0 Å². The van der Waals surface area contributed by atoms with E-state index in [9.17, 15) is 14.9 Å². The van der Waals surface area contributed by atoms with Gasteiger partial charge in [-0.15, -0.1) is 0 Å². The summed E-state index contributed by atoms with van der Waals surface area (Å²) in [5, 5.41) is 17.7. The molecule has 4 aromatic carbocycles. The second kappa shape index (κ2) is 8.97. The lowest BCUT2D eigenvalue weighted by atomic mass is 9.79. The van der Waals surface area contributed by atoms with Gasteiger partial charge >= 0.3 is 0 Å². The van der Waals surface area contributed by atoms with E-state index >= 15 is 0 Å². The average molecular weight is 558 g/mol. The van der Waals surface area contributed by atoms with Gasteiger partial charge in [-0.1, -0.05) is 66.7 Å². The van der Waals surface area contributed by atoms with E-state index in [0.29, 0.717) is 34.6 Å². The molecule has 1 spiro atoms. The third kappa shape index (κ3) is 3.62. The highest BCUT2D eigenvalue weighted by atomic mass is 79.9. The predicted octanol–water partition coefficient (Wildman–Crippen LogP) is 5.70. The van der Waals surface area contributed by atoms with Crippen molar-refractivity contribution < 1.29 is 14.5 Å². The number of rotatable bonds is 5. The first-order valence-electron chi connectivity index (χ1n) is 12.1. The number of likely N-dealkylation sites (tertiary alicyclic amines) is 1. The standard InChI is InChI=1S/C29H24BrN3O4/c1-32-16-22(27(33(35)36)29(32)23-11-4-5-12-25(23)31-28(29)34)19-13-14-26(24(30)15-19)37-17-20-9-6-8-18-7-2-3-10-21(18)20/h2-15,22,27H,16-17H2,1H3,(H,31,34)/t22-,27+,29+/m1/s1. The Balaban J connectivity index is 1.31. The number of anilines is 1. The van der Waals surface area contributed by atoms with Crippen molar-refractivity contribution >= 4 is 38.3 Å². The minimum absolute atomic E-state index is 0.297. The summed E-state index contributed by atoms with van der Waals surface area (Å²) in [4.78, 5) is 27.4. The van der Waals surface area contributed by atoms with E-state index in [1.165, 1.54) is 0 Å². The van der Waals surface area contributed by atoms with Crippen molar-refractivity contribution in [3.8, 4) is 5.75 Å². The lowest BCUT2D eigenvalue weighted by molar-refractivity contribution is -0.534. The average Bonchev–Trinajstić information content (AvgIpc) is 3.38. The number of carbonyl (C=O) groups excluding carboxylic acids is 1. The van der Waals surface area contributed by atoms with Gasteiger partial charge in [-0.05, 0) is 63.1 Å². The van der Waals surface area contributed by atoms with E-state index in [1.54, 1.807) is 13.1 Å². The number of carbonyl (C=O) groups is 1. The summed E-state index contributed by atoms with van der Waals surface area (Å²) in [5.74, 6) is -0.186. The molecule has 0 saturated carbocycles. The zero-order valence-electron chi connectivity index (χ0n) is 20.1. The lowest BCUT2D eigenvalue weighted by Gasteiger charge is -2.30. The molecule has 7 nitrogen and oxygen atoms in total. The number of para-hydroxylation sites is 1. The van der Waals surface area contributed by atoms with Crippen molar-refractivity contribution in [3.63, 3.8) is 0 Å². The van der Waals surface area contributed by atoms with Crippen LogP contribution in [0.4, 0.5) is 5.69 Å². The van der Waals surface area contributed by atoms with E-state index in [4.69, 9.17) is 4.74 Å². The van der Waals surface area contributed by atoms with E-state index in [0.717, 1.165) is 21.9 Å². The number of benzene rings is 4. The summed E-state index contributed by atoms with van der Waals surface area (Å²) < 4.78 is 6.86. The van der Waals surface area contributed by atoms with Gasteiger partial charge in [0.05, 0.1) is 10.4 Å². The number of likely N-dealkylation sites (N-methyl/N-ethyl adjacent to an activating group) is 1. The molecule has 0 aliphatic carbocycles. The Labute approximate surface area is 222 Å². The Morgan fingerprint density at radius 3 is 2.65 bits per heavy atom. The largest absolute Gasteiger partial charge is 0.488 e. The first-order valence-corrected chi connectivity index (χ1v) is 12.8. The third-order valence-electron chi connectivity index (χ3n) is 7.69. The molecule has 2 aliphatic heterocycles. The van der Waals surface area contributed by atoms with E-state index in [1.807, 2.05) is 65.6 Å². The monoisotopic (exact) mass is 557 g/mol. The van der Waals surface area contributed by atoms with Crippen molar-refractivity contribution in [2.24, 2.45) is 0 Å². The molecule has 186 valence electrons. The van der Waals surface area contributed by atoms with Crippen LogP contribution in [0.1, 0.15) is 22.6 Å². The van der Waals surface area contributed by atoms with Gasteiger partial charge in [0, 0.05) is 22.7 Å². The summed E-state index contributed by atoms with van der Waals surface area (Å²) in [5.41, 5.74) is 1.78. The number of amides is 1. The van der Waals surface area contributed by atoms with Gasteiger partial charge in [-0.3, -0.25) is 19.8 Å². The van der Waals surface area contributed by atoms with Gasteiger partial charge < -0.3 is 10.1 Å². The van der Waals surface area contributed by atoms with Crippen molar-refractivity contribution in [2.45, 2.75) is 24.1 Å². The second-order valence-corrected chi connectivity index (χ2v) is 10.5. The van der Waals surface area contributed by atoms with Gasteiger partial charge in [0.15, 0.2) is 5.54 Å². The van der Waals surface area contributed by atoms with Crippen LogP contribution >= 0.6 is 15.9 Å². The van der Waals surface area contributed by atoms with Crippen LogP contribution in [-0.4, -0.2) is 35.4 Å². The van der Waals surface area contributed by atoms with E-state index < -0.39 is 17.5 Å². The molecule has 6 rings (SSSR count). The number of nitro groups is 1. The molecule has 2 heterocycles. The highest BCUT2D eigenvalue weighted by Gasteiger charge is 2.68. The Kier molecular flexibility index (Phi) is 5.73. The van der Waals surface area contributed by atoms with Crippen LogP contribution in [-0.2, 0) is 16.9 Å². The molecule has 0 bridgehead atoms. The fourth-order valence-corrected chi connectivity index (χ4v) is 6.53. The number of nitrogens with zero attached hydrogens (tertiary/aromatic N) is 2. The highest BCUT2D eigenvalue weighted by molar-refractivity contribution is 9.10. The number of halogens is 1. The lowest BCUT2D eigenvalue weighted by Crippen LogP contribution is -2.54. The first kappa shape index (κ1) is 23.6. The van der Waals surface area contributed by atoms with Gasteiger partial charge in [0.1, 0.15) is 12.4 Å². The van der Waals surface area contributed by atoms with Crippen LogP contribution < -0.4 is 10.1 Å². The quantitative estimate of drug-likeness (QED) is 0.251. The molecule has 1 saturated heterocycles. The Bertz CT molecular complexity index is 1550. The molecule has 1 fully saturated rings. The van der Waals surface area contributed by atoms with Crippen LogP contribution in [0.15, 0.2) is 89.4 Å². The van der Waals surface area contributed by atoms with Crippen LogP contribution in [0.2, 0.25) is 0 Å². The number of hydrogen-bond donors (Lipinski definition) is 1. The molecule has 0 unspecified atom stereocenters. The number of nitrogens with one attached hydrogen (secondary N) is 1. The molecular weight excluding hydrogens is 534 g/mol. The highest BCUT2D eigenvalue weighted by Crippen LogP contribution is 2.52. The van der Waals surface area contributed by atoms with Crippen LogP contribution in [0.25, 0.3) is 10.8 Å². The Hall–Kier alpha value is -3.75. The van der Waals surface area contributed by atoms with Crippen LogP contribution in [0.3, 0.4) is 0 Å².